The van der Waals surface area contributed by atoms with Gasteiger partial charge in [0.1, 0.15) is 5.69 Å². The van der Waals surface area contributed by atoms with Gasteiger partial charge in [-0.1, -0.05) is 0 Å². The van der Waals surface area contributed by atoms with Gasteiger partial charge in [0.2, 0.25) is 0 Å². The topological polar surface area (TPSA) is 111 Å². The van der Waals surface area contributed by atoms with Crippen molar-refractivity contribution in [3.8, 4) is 0 Å². The van der Waals surface area contributed by atoms with Gasteiger partial charge in [-0.25, -0.2) is 4.79 Å². The molecular formula is C15H19N3O5. The summed E-state index contributed by atoms with van der Waals surface area (Å²) in [4.78, 5) is 34.2. The van der Waals surface area contributed by atoms with E-state index in [1.165, 1.54) is 19.1 Å². The van der Waals surface area contributed by atoms with E-state index in [2.05, 4.69) is 10.6 Å². The molecule has 1 amide bonds. The third-order valence-corrected chi connectivity index (χ3v) is 3.37. The van der Waals surface area contributed by atoms with Gasteiger partial charge in [-0.05, 0) is 38.8 Å². The number of likely N-dealkylation sites (N-methyl/N-ethyl adjacent to an activating group) is 1. The Labute approximate surface area is 133 Å². The van der Waals surface area contributed by atoms with Crippen LogP contribution in [0, 0.1) is 10.1 Å². The van der Waals surface area contributed by atoms with E-state index in [0.717, 1.165) is 18.9 Å². The zero-order chi connectivity index (χ0) is 17.0. The van der Waals surface area contributed by atoms with Crippen LogP contribution >= 0.6 is 0 Å². The van der Waals surface area contributed by atoms with Gasteiger partial charge in [0.15, 0.2) is 6.10 Å². The van der Waals surface area contributed by atoms with Crippen molar-refractivity contribution in [3.63, 3.8) is 0 Å². The van der Waals surface area contributed by atoms with Crippen molar-refractivity contribution in [1.29, 1.82) is 0 Å². The molecule has 8 nitrogen and oxygen atoms in total. The zero-order valence-corrected chi connectivity index (χ0v) is 13.0. The largest absolute Gasteiger partial charge is 0.449 e. The van der Waals surface area contributed by atoms with E-state index in [0.29, 0.717) is 12.2 Å². The van der Waals surface area contributed by atoms with Gasteiger partial charge >= 0.3 is 5.97 Å². The molecule has 1 saturated carbocycles. The van der Waals surface area contributed by atoms with Crippen LogP contribution in [-0.2, 0) is 9.53 Å². The van der Waals surface area contributed by atoms with Crippen LogP contribution in [0.4, 0.5) is 11.4 Å². The highest BCUT2D eigenvalue weighted by Crippen LogP contribution is 2.31. The average molecular weight is 321 g/mol. The second kappa shape index (κ2) is 7.08. The first kappa shape index (κ1) is 16.7. The maximum absolute atomic E-state index is 12.0. The quantitative estimate of drug-likeness (QED) is 0.450. The lowest BCUT2D eigenvalue weighted by atomic mass is 10.1. The lowest BCUT2D eigenvalue weighted by Crippen LogP contribution is -2.35. The Morgan fingerprint density at radius 2 is 2.13 bits per heavy atom. The third kappa shape index (κ3) is 4.41. The summed E-state index contributed by atoms with van der Waals surface area (Å²) in [5.74, 6) is -1.19. The number of ether oxygens (including phenoxy) is 1. The number of esters is 1. The smallest absolute Gasteiger partial charge is 0.339 e. The monoisotopic (exact) mass is 321 g/mol. The first-order valence-electron chi connectivity index (χ1n) is 7.46. The van der Waals surface area contributed by atoms with Crippen molar-refractivity contribution >= 4 is 23.3 Å². The highest BCUT2D eigenvalue weighted by molar-refractivity contribution is 5.93. The molecule has 1 aliphatic rings. The number of rotatable bonds is 7. The molecule has 2 N–H and O–H groups in total. The molecule has 1 aromatic carbocycles. The Balaban J connectivity index is 2.12. The fourth-order valence-electron chi connectivity index (χ4n) is 1.98. The molecule has 1 fully saturated rings. The molecule has 0 saturated heterocycles. The van der Waals surface area contributed by atoms with E-state index in [1.807, 2.05) is 0 Å². The maximum Gasteiger partial charge on any atom is 0.339 e. The summed E-state index contributed by atoms with van der Waals surface area (Å²) in [6, 6.07) is 4.36. The standard InChI is InChI=1S/C15H19N3O5/c1-3-16-14(19)9(2)23-15(20)10-4-7-12(17-11-5-6-11)13(8-10)18(21)22/h4,7-9,11,17H,3,5-6H2,1-2H3,(H,16,19)/t9-/m0/s1. The van der Waals surface area contributed by atoms with Gasteiger partial charge in [0.25, 0.3) is 11.6 Å². The molecule has 1 aliphatic carbocycles. The Morgan fingerprint density at radius 3 is 2.70 bits per heavy atom. The third-order valence-electron chi connectivity index (χ3n) is 3.37. The van der Waals surface area contributed by atoms with Crippen LogP contribution < -0.4 is 10.6 Å². The molecule has 2 rings (SSSR count). The summed E-state index contributed by atoms with van der Waals surface area (Å²) < 4.78 is 5.02. The number of amides is 1. The minimum Gasteiger partial charge on any atom is -0.449 e. The number of nitro groups is 1. The van der Waals surface area contributed by atoms with E-state index in [4.69, 9.17) is 4.74 Å². The fraction of sp³-hybridized carbons (Fsp3) is 0.467. The number of nitrogens with one attached hydrogen (secondary N) is 2. The first-order valence-corrected chi connectivity index (χ1v) is 7.46. The van der Waals surface area contributed by atoms with Crippen LogP contribution in [0.15, 0.2) is 18.2 Å². The normalized spacial score (nSPS) is 14.7. The molecule has 124 valence electrons. The number of hydrogen-bond acceptors (Lipinski definition) is 6. The summed E-state index contributed by atoms with van der Waals surface area (Å²) in [5, 5.41) is 16.7. The average Bonchev–Trinajstić information content (AvgIpc) is 3.31. The number of nitrogens with zero attached hydrogens (tertiary/aromatic N) is 1. The van der Waals surface area contributed by atoms with Crippen LogP contribution in [0.2, 0.25) is 0 Å². The Kier molecular flexibility index (Phi) is 5.15. The molecule has 0 unspecified atom stereocenters. The number of benzene rings is 1. The predicted molar refractivity (Wildman–Crippen MR) is 83.3 cm³/mol. The summed E-state index contributed by atoms with van der Waals surface area (Å²) in [6.45, 7) is 3.62. The summed E-state index contributed by atoms with van der Waals surface area (Å²) in [5.41, 5.74) is 0.233. The van der Waals surface area contributed by atoms with E-state index in [-0.39, 0.29) is 17.3 Å². The first-order chi connectivity index (χ1) is 10.9. The molecule has 0 bridgehead atoms. The summed E-state index contributed by atoms with van der Waals surface area (Å²) in [7, 11) is 0. The molecule has 0 radical (unpaired) electrons. The minimum absolute atomic E-state index is 0.0363. The van der Waals surface area contributed by atoms with Gasteiger partial charge in [-0.15, -0.1) is 0 Å². The Bertz CT molecular complexity index is 628. The van der Waals surface area contributed by atoms with E-state index >= 15 is 0 Å². The van der Waals surface area contributed by atoms with Gasteiger partial charge in [0, 0.05) is 18.7 Å². The number of carbonyl (C=O) groups excluding carboxylic acids is 2. The minimum atomic E-state index is -0.967. The van der Waals surface area contributed by atoms with E-state index in [9.17, 15) is 19.7 Å². The molecule has 0 heterocycles. The lowest BCUT2D eigenvalue weighted by Gasteiger charge is -2.13. The maximum atomic E-state index is 12.0. The van der Waals surface area contributed by atoms with Crippen molar-refractivity contribution in [2.24, 2.45) is 0 Å². The van der Waals surface area contributed by atoms with Crippen molar-refractivity contribution < 1.29 is 19.2 Å². The lowest BCUT2D eigenvalue weighted by molar-refractivity contribution is -0.384. The van der Waals surface area contributed by atoms with Gasteiger partial charge in [-0.2, -0.15) is 0 Å². The molecule has 0 aromatic heterocycles. The van der Waals surface area contributed by atoms with Crippen molar-refractivity contribution in [1.82, 2.24) is 5.32 Å². The van der Waals surface area contributed by atoms with Gasteiger partial charge in [0.05, 0.1) is 10.5 Å². The molecule has 0 spiro atoms. The van der Waals surface area contributed by atoms with Crippen molar-refractivity contribution in [3.05, 3.63) is 33.9 Å². The van der Waals surface area contributed by atoms with Crippen LogP contribution in [0.25, 0.3) is 0 Å². The van der Waals surface area contributed by atoms with Crippen molar-refractivity contribution in [2.75, 3.05) is 11.9 Å². The number of hydrogen-bond donors (Lipinski definition) is 2. The van der Waals surface area contributed by atoms with Crippen LogP contribution in [0.5, 0.6) is 0 Å². The van der Waals surface area contributed by atoms with E-state index < -0.39 is 22.9 Å². The second-order valence-corrected chi connectivity index (χ2v) is 5.35. The molecule has 23 heavy (non-hydrogen) atoms. The summed E-state index contributed by atoms with van der Waals surface area (Å²) >= 11 is 0. The fourth-order valence-corrected chi connectivity index (χ4v) is 1.98. The van der Waals surface area contributed by atoms with Crippen molar-refractivity contribution in [2.45, 2.75) is 38.8 Å². The van der Waals surface area contributed by atoms with Crippen LogP contribution in [0.3, 0.4) is 0 Å². The molecular weight excluding hydrogens is 302 g/mol. The number of carbonyl (C=O) groups is 2. The predicted octanol–water partition coefficient (Wildman–Crippen LogP) is 1.85. The van der Waals surface area contributed by atoms with Crippen LogP contribution in [0.1, 0.15) is 37.0 Å². The van der Waals surface area contributed by atoms with Gasteiger partial charge in [-0.3, -0.25) is 14.9 Å². The summed E-state index contributed by atoms with van der Waals surface area (Å²) in [6.07, 6.45) is 0.987. The number of anilines is 1. The molecule has 1 atom stereocenters. The highest BCUT2D eigenvalue weighted by Gasteiger charge is 2.26. The van der Waals surface area contributed by atoms with Gasteiger partial charge < -0.3 is 15.4 Å². The Morgan fingerprint density at radius 1 is 1.43 bits per heavy atom. The molecule has 1 aromatic rings. The second-order valence-electron chi connectivity index (χ2n) is 5.35. The zero-order valence-electron chi connectivity index (χ0n) is 13.0. The van der Waals surface area contributed by atoms with Crippen LogP contribution in [-0.4, -0.2) is 35.5 Å². The highest BCUT2D eigenvalue weighted by atomic mass is 16.6. The van der Waals surface area contributed by atoms with E-state index in [1.54, 1.807) is 6.92 Å². The molecule has 8 heteroatoms. The Hall–Kier alpha value is -2.64. The molecule has 0 aliphatic heterocycles. The SMILES string of the molecule is CCNC(=O)[C@H](C)OC(=O)c1ccc(NC2CC2)c([N+](=O)[O-])c1. The number of nitro benzene ring substituents is 1.